The maximum atomic E-state index is 12.9. The predicted octanol–water partition coefficient (Wildman–Crippen LogP) is 2.85. The molecule has 0 saturated carbocycles. The average molecular weight is 527 g/mol. The molecule has 0 amide bonds. The molecule has 2 atom stereocenters. The number of aromatic nitrogens is 2. The van der Waals surface area contributed by atoms with Crippen LogP contribution in [-0.4, -0.2) is 67.2 Å². The van der Waals surface area contributed by atoms with Gasteiger partial charge in [0.2, 0.25) is 16.0 Å². The summed E-state index contributed by atoms with van der Waals surface area (Å²) in [4.78, 5) is 11.2. The van der Waals surface area contributed by atoms with E-state index in [0.717, 1.165) is 25.8 Å². The van der Waals surface area contributed by atoms with Gasteiger partial charge in [-0.25, -0.2) is 18.1 Å². The van der Waals surface area contributed by atoms with E-state index >= 15 is 0 Å². The Balaban J connectivity index is 1.71. The summed E-state index contributed by atoms with van der Waals surface area (Å²) in [6.45, 7) is 5.04. The topological polar surface area (TPSA) is 119 Å². The molecule has 176 valence electrons. The van der Waals surface area contributed by atoms with Crippen LogP contribution in [0.1, 0.15) is 31.7 Å². The molecule has 0 radical (unpaired) electrons. The van der Waals surface area contributed by atoms with Crippen molar-refractivity contribution in [2.45, 2.75) is 50.1 Å². The van der Waals surface area contributed by atoms with Gasteiger partial charge in [0.1, 0.15) is 5.82 Å². The van der Waals surface area contributed by atoms with Gasteiger partial charge in [-0.05, 0) is 80.3 Å². The highest BCUT2D eigenvalue weighted by molar-refractivity contribution is 9.10. The Bertz CT molecular complexity index is 1040. The average Bonchev–Trinajstić information content (AvgIpc) is 3.16. The number of halogens is 1. The van der Waals surface area contributed by atoms with Gasteiger partial charge in [0.05, 0.1) is 16.0 Å². The third-order valence-electron chi connectivity index (χ3n) is 5.58. The molecule has 1 saturated heterocycles. The van der Waals surface area contributed by atoms with Gasteiger partial charge in [-0.1, -0.05) is 6.07 Å². The number of hydrogen-bond acceptors (Lipinski definition) is 8. The molecule has 1 fully saturated rings. The van der Waals surface area contributed by atoms with Gasteiger partial charge in [0.25, 0.3) is 0 Å². The molecule has 1 aromatic carbocycles. The number of aliphatic hydroxyl groups is 1. The Morgan fingerprint density at radius 2 is 2.16 bits per heavy atom. The SMILES string of the molecule is Cc1ccc(Nc2ncc(Br)c(N[C@H](C)CO)n2)cc1S(=O)(=O)NCCC1CCCN1C. The molecular weight excluding hydrogens is 496 g/mol. The maximum absolute atomic E-state index is 12.9. The van der Waals surface area contributed by atoms with Crippen molar-refractivity contribution in [1.82, 2.24) is 19.6 Å². The van der Waals surface area contributed by atoms with Crippen LogP contribution in [0.3, 0.4) is 0 Å². The summed E-state index contributed by atoms with van der Waals surface area (Å²) < 4.78 is 29.3. The second-order valence-corrected chi connectivity index (χ2v) is 10.8. The van der Waals surface area contributed by atoms with Crippen molar-refractivity contribution in [1.29, 1.82) is 0 Å². The molecule has 1 aliphatic heterocycles. The van der Waals surface area contributed by atoms with E-state index in [1.165, 1.54) is 0 Å². The standard InChI is InChI=1S/C21H31BrN6O3S/c1-14-6-7-16(26-21-23-12-18(22)20(27-21)25-15(2)13-29)11-19(14)32(30,31)24-9-8-17-5-4-10-28(17)3/h6-7,11-12,15,17,24,29H,4-5,8-10,13H2,1-3H3,(H2,23,25,26,27)/t15-,17?/m1/s1. The molecule has 2 heterocycles. The van der Waals surface area contributed by atoms with Crippen LogP contribution in [0.2, 0.25) is 0 Å². The smallest absolute Gasteiger partial charge is 0.240 e. The monoisotopic (exact) mass is 526 g/mol. The van der Waals surface area contributed by atoms with Crippen LogP contribution >= 0.6 is 15.9 Å². The van der Waals surface area contributed by atoms with Gasteiger partial charge in [-0.15, -0.1) is 0 Å². The van der Waals surface area contributed by atoms with Crippen molar-refractivity contribution >= 4 is 43.4 Å². The van der Waals surface area contributed by atoms with Crippen molar-refractivity contribution in [3.05, 3.63) is 34.4 Å². The van der Waals surface area contributed by atoms with E-state index < -0.39 is 10.0 Å². The van der Waals surface area contributed by atoms with E-state index in [9.17, 15) is 13.5 Å². The quantitative estimate of drug-likeness (QED) is 0.373. The number of sulfonamides is 1. The summed E-state index contributed by atoms with van der Waals surface area (Å²) in [6, 6.07) is 5.39. The molecule has 9 nitrogen and oxygen atoms in total. The first-order valence-electron chi connectivity index (χ1n) is 10.7. The van der Waals surface area contributed by atoms with Crippen LogP contribution in [0, 0.1) is 6.92 Å². The van der Waals surface area contributed by atoms with E-state index in [4.69, 9.17) is 0 Å². The number of aryl methyl sites for hydroxylation is 1. The fourth-order valence-electron chi connectivity index (χ4n) is 3.69. The van der Waals surface area contributed by atoms with Crippen molar-refractivity contribution in [2.24, 2.45) is 0 Å². The van der Waals surface area contributed by atoms with Crippen LogP contribution < -0.4 is 15.4 Å². The van der Waals surface area contributed by atoms with Gasteiger partial charge < -0.3 is 20.6 Å². The minimum absolute atomic E-state index is 0.0393. The molecule has 0 bridgehead atoms. The second-order valence-electron chi connectivity index (χ2n) is 8.19. The number of likely N-dealkylation sites (tertiary alicyclic amines) is 1. The summed E-state index contributed by atoms with van der Waals surface area (Å²) in [5, 5.41) is 15.4. The predicted molar refractivity (Wildman–Crippen MR) is 130 cm³/mol. The van der Waals surface area contributed by atoms with Crippen molar-refractivity contribution < 1.29 is 13.5 Å². The largest absolute Gasteiger partial charge is 0.394 e. The Morgan fingerprint density at radius 1 is 1.38 bits per heavy atom. The number of aliphatic hydroxyl groups excluding tert-OH is 1. The van der Waals surface area contributed by atoms with Gasteiger partial charge in [0, 0.05) is 30.5 Å². The first-order valence-corrected chi connectivity index (χ1v) is 12.9. The Labute approximate surface area is 198 Å². The van der Waals surface area contributed by atoms with Gasteiger partial charge >= 0.3 is 0 Å². The molecule has 4 N–H and O–H groups in total. The molecule has 0 spiro atoms. The molecule has 3 rings (SSSR count). The lowest BCUT2D eigenvalue weighted by Crippen LogP contribution is -2.32. The highest BCUT2D eigenvalue weighted by Crippen LogP contribution is 2.25. The lowest BCUT2D eigenvalue weighted by Gasteiger charge is -2.19. The summed E-state index contributed by atoms with van der Waals surface area (Å²) in [6.07, 6.45) is 4.66. The van der Waals surface area contributed by atoms with Gasteiger partial charge in [0.15, 0.2) is 0 Å². The molecule has 11 heteroatoms. The summed E-state index contributed by atoms with van der Waals surface area (Å²) in [5.74, 6) is 0.841. The van der Waals surface area contributed by atoms with Crippen molar-refractivity contribution in [3.8, 4) is 0 Å². The highest BCUT2D eigenvalue weighted by atomic mass is 79.9. The number of nitrogens with one attached hydrogen (secondary N) is 3. The van der Waals surface area contributed by atoms with Crippen molar-refractivity contribution in [3.63, 3.8) is 0 Å². The summed E-state index contributed by atoms with van der Waals surface area (Å²) >= 11 is 3.39. The molecule has 32 heavy (non-hydrogen) atoms. The van der Waals surface area contributed by atoms with E-state index in [1.54, 1.807) is 31.3 Å². The summed E-state index contributed by atoms with van der Waals surface area (Å²) in [5.41, 5.74) is 1.23. The van der Waals surface area contributed by atoms with Gasteiger partial charge in [-0.3, -0.25) is 0 Å². The first-order chi connectivity index (χ1) is 15.2. The van der Waals surface area contributed by atoms with E-state index in [2.05, 4.69) is 53.2 Å². The fourth-order valence-corrected chi connectivity index (χ4v) is 5.31. The van der Waals surface area contributed by atoms with Crippen LogP contribution in [0.4, 0.5) is 17.5 Å². The zero-order valence-electron chi connectivity index (χ0n) is 18.6. The Morgan fingerprint density at radius 3 is 2.84 bits per heavy atom. The molecule has 1 aromatic heterocycles. The zero-order chi connectivity index (χ0) is 23.3. The van der Waals surface area contributed by atoms with Crippen LogP contribution in [0.15, 0.2) is 33.8 Å². The number of hydrogen-bond donors (Lipinski definition) is 4. The molecule has 1 unspecified atom stereocenters. The Hall–Kier alpha value is -1.79. The van der Waals surface area contributed by atoms with Crippen molar-refractivity contribution in [2.75, 3.05) is 37.4 Å². The van der Waals surface area contributed by atoms with E-state index in [1.807, 2.05) is 6.92 Å². The minimum Gasteiger partial charge on any atom is -0.394 e. The highest BCUT2D eigenvalue weighted by Gasteiger charge is 2.22. The maximum Gasteiger partial charge on any atom is 0.240 e. The van der Waals surface area contributed by atoms with E-state index in [0.29, 0.717) is 40.1 Å². The van der Waals surface area contributed by atoms with Crippen LogP contribution in [0.25, 0.3) is 0 Å². The number of benzene rings is 1. The lowest BCUT2D eigenvalue weighted by atomic mass is 10.1. The van der Waals surface area contributed by atoms with Gasteiger partial charge in [-0.2, -0.15) is 4.98 Å². The molecule has 0 aliphatic carbocycles. The van der Waals surface area contributed by atoms with Crippen LogP contribution in [-0.2, 0) is 10.0 Å². The normalized spacial score (nSPS) is 18.0. The molecule has 1 aliphatic rings. The summed E-state index contributed by atoms with van der Waals surface area (Å²) in [7, 11) is -1.56. The number of nitrogens with zero attached hydrogens (tertiary/aromatic N) is 3. The van der Waals surface area contributed by atoms with E-state index in [-0.39, 0.29) is 17.5 Å². The lowest BCUT2D eigenvalue weighted by molar-refractivity contribution is 0.281. The number of rotatable bonds is 10. The third kappa shape index (κ3) is 6.38. The third-order valence-corrected chi connectivity index (χ3v) is 7.76. The second kappa shape index (κ2) is 10.9. The van der Waals surface area contributed by atoms with Crippen LogP contribution in [0.5, 0.6) is 0 Å². The fraction of sp³-hybridized carbons (Fsp3) is 0.524. The first kappa shape index (κ1) is 24.8. The molecule has 2 aromatic rings. The molecular formula is C21H31BrN6O3S. The zero-order valence-corrected chi connectivity index (χ0v) is 21.0. The number of anilines is 3. The Kier molecular flexibility index (Phi) is 8.45. The minimum atomic E-state index is -3.65.